The van der Waals surface area contributed by atoms with E-state index in [-0.39, 0.29) is 5.41 Å². The Balaban J connectivity index is 2.57. The predicted octanol–water partition coefficient (Wildman–Crippen LogP) is 3.73. The van der Waals surface area contributed by atoms with E-state index in [9.17, 15) is 0 Å². The molecule has 0 aliphatic heterocycles. The van der Waals surface area contributed by atoms with Crippen LogP contribution < -0.4 is 10.5 Å². The number of ether oxygens (including phenoxy) is 1. The standard InChI is InChI=1S/C13H18ClNOS/c1-9-4-5-10(14)8-11(9)16-7-6-13(2,3)12(15)17/h4-5,8H,6-7H2,1-3H3,(H2,15,17). The minimum atomic E-state index is -0.179. The second kappa shape index (κ2) is 5.69. The largest absolute Gasteiger partial charge is 0.493 e. The van der Waals surface area contributed by atoms with Gasteiger partial charge in [-0.1, -0.05) is 43.7 Å². The summed E-state index contributed by atoms with van der Waals surface area (Å²) in [5.74, 6) is 0.816. The quantitative estimate of drug-likeness (QED) is 0.829. The van der Waals surface area contributed by atoms with E-state index in [1.165, 1.54) is 0 Å². The third kappa shape index (κ3) is 4.17. The van der Waals surface area contributed by atoms with Crippen molar-refractivity contribution in [1.82, 2.24) is 0 Å². The number of thiocarbonyl (C=S) groups is 1. The first-order valence-corrected chi connectivity index (χ1v) is 6.30. The summed E-state index contributed by atoms with van der Waals surface area (Å²) < 4.78 is 5.70. The highest BCUT2D eigenvalue weighted by molar-refractivity contribution is 7.80. The summed E-state index contributed by atoms with van der Waals surface area (Å²) in [4.78, 5) is 0.518. The van der Waals surface area contributed by atoms with E-state index in [2.05, 4.69) is 0 Å². The van der Waals surface area contributed by atoms with Gasteiger partial charge in [0.05, 0.1) is 11.6 Å². The van der Waals surface area contributed by atoms with Crippen LogP contribution in [0.15, 0.2) is 18.2 Å². The number of halogens is 1. The molecule has 2 nitrogen and oxygen atoms in total. The lowest BCUT2D eigenvalue weighted by molar-refractivity contribution is 0.269. The number of hydrogen-bond acceptors (Lipinski definition) is 2. The van der Waals surface area contributed by atoms with Gasteiger partial charge in [-0.05, 0) is 31.0 Å². The molecule has 0 radical (unpaired) electrons. The molecule has 1 aromatic carbocycles. The van der Waals surface area contributed by atoms with E-state index < -0.39 is 0 Å². The maximum Gasteiger partial charge on any atom is 0.123 e. The first-order chi connectivity index (χ1) is 7.83. The Morgan fingerprint density at radius 2 is 2.12 bits per heavy atom. The average molecular weight is 272 g/mol. The molecule has 4 heteroatoms. The van der Waals surface area contributed by atoms with Gasteiger partial charge in [-0.25, -0.2) is 0 Å². The summed E-state index contributed by atoms with van der Waals surface area (Å²) >= 11 is 10.9. The fraction of sp³-hybridized carbons (Fsp3) is 0.462. The zero-order valence-corrected chi connectivity index (χ0v) is 12.0. The van der Waals surface area contributed by atoms with Crippen LogP contribution in [0.4, 0.5) is 0 Å². The number of rotatable bonds is 5. The monoisotopic (exact) mass is 271 g/mol. The Hall–Kier alpha value is -0.800. The van der Waals surface area contributed by atoms with Gasteiger partial charge in [0.25, 0.3) is 0 Å². The minimum Gasteiger partial charge on any atom is -0.493 e. The molecule has 0 bridgehead atoms. The fourth-order valence-corrected chi connectivity index (χ4v) is 1.53. The number of hydrogen-bond donors (Lipinski definition) is 1. The number of nitrogens with two attached hydrogens (primary N) is 1. The van der Waals surface area contributed by atoms with Crippen LogP contribution in [0.2, 0.25) is 5.02 Å². The van der Waals surface area contributed by atoms with E-state index in [1.54, 1.807) is 0 Å². The fourth-order valence-electron chi connectivity index (χ4n) is 1.27. The van der Waals surface area contributed by atoms with Crippen molar-refractivity contribution in [3.8, 4) is 5.75 Å². The minimum absolute atomic E-state index is 0.179. The van der Waals surface area contributed by atoms with E-state index in [1.807, 2.05) is 39.0 Å². The van der Waals surface area contributed by atoms with Crippen molar-refractivity contribution >= 4 is 28.8 Å². The molecule has 0 amide bonds. The van der Waals surface area contributed by atoms with Gasteiger partial charge in [-0.3, -0.25) is 0 Å². The second-order valence-corrected chi connectivity index (χ2v) is 5.63. The molecule has 0 aliphatic rings. The Labute approximate surface area is 113 Å². The van der Waals surface area contributed by atoms with Crippen LogP contribution >= 0.6 is 23.8 Å². The highest BCUT2D eigenvalue weighted by atomic mass is 35.5. The summed E-state index contributed by atoms with van der Waals surface area (Å²) in [6.07, 6.45) is 0.786. The smallest absolute Gasteiger partial charge is 0.123 e. The van der Waals surface area contributed by atoms with E-state index in [4.69, 9.17) is 34.3 Å². The van der Waals surface area contributed by atoms with Gasteiger partial charge >= 0.3 is 0 Å². The molecule has 0 saturated heterocycles. The Morgan fingerprint density at radius 1 is 1.47 bits per heavy atom. The highest BCUT2D eigenvalue weighted by Crippen LogP contribution is 2.25. The van der Waals surface area contributed by atoms with Gasteiger partial charge in [0.1, 0.15) is 5.75 Å². The van der Waals surface area contributed by atoms with Crippen molar-refractivity contribution in [1.29, 1.82) is 0 Å². The molecule has 0 aromatic heterocycles. The molecule has 0 saturated carbocycles. The average Bonchev–Trinajstić information content (AvgIpc) is 2.22. The second-order valence-electron chi connectivity index (χ2n) is 4.76. The maximum atomic E-state index is 5.92. The van der Waals surface area contributed by atoms with Crippen molar-refractivity contribution in [2.24, 2.45) is 11.1 Å². The Morgan fingerprint density at radius 3 is 2.71 bits per heavy atom. The molecule has 17 heavy (non-hydrogen) atoms. The molecule has 0 atom stereocenters. The van der Waals surface area contributed by atoms with Crippen LogP contribution in [0, 0.1) is 12.3 Å². The van der Waals surface area contributed by atoms with E-state index in [0.717, 1.165) is 17.7 Å². The van der Waals surface area contributed by atoms with Gasteiger partial charge in [-0.2, -0.15) is 0 Å². The Bertz CT molecular complexity index is 418. The van der Waals surface area contributed by atoms with Crippen LogP contribution in [0.3, 0.4) is 0 Å². The summed E-state index contributed by atoms with van der Waals surface area (Å²) in [5, 5.41) is 0.680. The molecule has 0 fully saturated rings. The molecule has 1 rings (SSSR count). The third-order valence-electron chi connectivity index (χ3n) is 2.80. The van der Waals surface area contributed by atoms with Crippen molar-refractivity contribution in [3.63, 3.8) is 0 Å². The molecule has 0 unspecified atom stereocenters. The molecular weight excluding hydrogens is 254 g/mol. The Kier molecular flexibility index (Phi) is 4.78. The maximum absolute atomic E-state index is 5.92. The number of benzene rings is 1. The molecule has 1 aromatic rings. The topological polar surface area (TPSA) is 35.2 Å². The molecular formula is C13H18ClNOS. The van der Waals surface area contributed by atoms with Crippen molar-refractivity contribution in [3.05, 3.63) is 28.8 Å². The van der Waals surface area contributed by atoms with Crippen molar-refractivity contribution in [2.45, 2.75) is 27.2 Å². The van der Waals surface area contributed by atoms with E-state index >= 15 is 0 Å². The molecule has 0 aliphatic carbocycles. The van der Waals surface area contributed by atoms with E-state index in [0.29, 0.717) is 16.6 Å². The summed E-state index contributed by atoms with van der Waals surface area (Å²) in [5.41, 5.74) is 6.55. The lowest BCUT2D eigenvalue weighted by atomic mass is 9.90. The van der Waals surface area contributed by atoms with Crippen LogP contribution in [0.5, 0.6) is 5.75 Å². The van der Waals surface area contributed by atoms with Crippen molar-refractivity contribution < 1.29 is 4.74 Å². The first-order valence-electron chi connectivity index (χ1n) is 5.52. The molecule has 2 N–H and O–H groups in total. The van der Waals surface area contributed by atoms with Crippen LogP contribution in [-0.2, 0) is 0 Å². The van der Waals surface area contributed by atoms with Gasteiger partial charge in [-0.15, -0.1) is 0 Å². The number of aryl methyl sites for hydroxylation is 1. The van der Waals surface area contributed by atoms with Crippen LogP contribution in [-0.4, -0.2) is 11.6 Å². The lowest BCUT2D eigenvalue weighted by Crippen LogP contribution is -2.31. The predicted molar refractivity (Wildman–Crippen MR) is 76.9 cm³/mol. The lowest BCUT2D eigenvalue weighted by Gasteiger charge is -2.23. The summed E-state index contributed by atoms with van der Waals surface area (Å²) in [6, 6.07) is 5.61. The van der Waals surface area contributed by atoms with Gasteiger partial charge in [0.15, 0.2) is 0 Å². The zero-order chi connectivity index (χ0) is 13.1. The van der Waals surface area contributed by atoms with Crippen LogP contribution in [0.1, 0.15) is 25.8 Å². The van der Waals surface area contributed by atoms with Gasteiger partial charge in [0, 0.05) is 10.4 Å². The van der Waals surface area contributed by atoms with Crippen LogP contribution in [0.25, 0.3) is 0 Å². The summed E-state index contributed by atoms with van der Waals surface area (Å²) in [7, 11) is 0. The highest BCUT2D eigenvalue weighted by Gasteiger charge is 2.21. The molecule has 94 valence electrons. The summed E-state index contributed by atoms with van der Waals surface area (Å²) in [6.45, 7) is 6.60. The first kappa shape index (κ1) is 14.3. The van der Waals surface area contributed by atoms with Gasteiger partial charge < -0.3 is 10.5 Å². The molecule has 0 spiro atoms. The normalized spacial score (nSPS) is 11.3. The van der Waals surface area contributed by atoms with Gasteiger partial charge in [0.2, 0.25) is 0 Å². The SMILES string of the molecule is Cc1ccc(Cl)cc1OCCC(C)(C)C(N)=S. The van der Waals surface area contributed by atoms with Crippen molar-refractivity contribution in [2.75, 3.05) is 6.61 Å². The zero-order valence-electron chi connectivity index (χ0n) is 10.4. The molecule has 0 heterocycles. The third-order valence-corrected chi connectivity index (χ3v) is 3.59.